The monoisotopic (exact) mass is 463 g/mol. The van der Waals surface area contributed by atoms with Crippen molar-refractivity contribution in [1.82, 2.24) is 24.9 Å². The van der Waals surface area contributed by atoms with Gasteiger partial charge in [-0.05, 0) is 50.1 Å². The first kappa shape index (κ1) is 22.8. The lowest BCUT2D eigenvalue weighted by molar-refractivity contribution is -0.138. The first-order valence-electron chi connectivity index (χ1n) is 10.3. The first-order chi connectivity index (χ1) is 15.8. The minimum absolute atomic E-state index is 0.153. The number of carbonyl (C=O) groups is 1. The van der Waals surface area contributed by atoms with Crippen LogP contribution in [-0.4, -0.2) is 49.9 Å². The lowest BCUT2D eigenvalue weighted by Gasteiger charge is -2.39. The van der Waals surface area contributed by atoms with E-state index in [1.54, 1.807) is 6.07 Å². The molecule has 3 heterocycles. The highest BCUT2D eigenvalue weighted by Gasteiger charge is 2.34. The van der Waals surface area contributed by atoms with Crippen molar-refractivity contribution in [2.75, 3.05) is 6.54 Å². The summed E-state index contributed by atoms with van der Waals surface area (Å²) in [6, 6.07) is 5.61. The van der Waals surface area contributed by atoms with Crippen LogP contribution in [0.1, 0.15) is 41.3 Å². The number of piperidine rings is 1. The molecule has 0 radical (unpaired) electrons. The molecule has 1 fully saturated rings. The predicted molar refractivity (Wildman–Crippen MR) is 109 cm³/mol. The number of aldehydes is 1. The van der Waals surface area contributed by atoms with E-state index < -0.39 is 29.5 Å². The van der Waals surface area contributed by atoms with Crippen molar-refractivity contribution >= 4 is 6.29 Å². The first-order valence-corrected chi connectivity index (χ1v) is 10.3. The molecule has 0 saturated carbocycles. The van der Waals surface area contributed by atoms with Crippen molar-refractivity contribution in [2.24, 2.45) is 0 Å². The molecule has 174 valence electrons. The van der Waals surface area contributed by atoms with E-state index in [4.69, 9.17) is 4.74 Å². The van der Waals surface area contributed by atoms with E-state index in [1.807, 2.05) is 19.1 Å². The topological polar surface area (TPSA) is 73.1 Å². The van der Waals surface area contributed by atoms with Crippen LogP contribution in [0.25, 0.3) is 5.69 Å². The summed E-state index contributed by atoms with van der Waals surface area (Å²) in [6.45, 7) is 3.20. The number of carbonyl (C=O) groups excluding carboxylic acids is 1. The summed E-state index contributed by atoms with van der Waals surface area (Å²) in [5.41, 5.74) is 0.763. The second kappa shape index (κ2) is 9.26. The van der Waals surface area contributed by atoms with E-state index in [2.05, 4.69) is 20.1 Å². The summed E-state index contributed by atoms with van der Waals surface area (Å²) < 4.78 is 58.2. The van der Waals surface area contributed by atoms with Gasteiger partial charge < -0.3 is 4.74 Å². The van der Waals surface area contributed by atoms with Crippen molar-refractivity contribution in [2.45, 2.75) is 44.6 Å². The average molecular weight is 463 g/mol. The van der Waals surface area contributed by atoms with Crippen LogP contribution in [-0.2, 0) is 12.7 Å². The van der Waals surface area contributed by atoms with Gasteiger partial charge >= 0.3 is 6.18 Å². The largest absolute Gasteiger partial charge is 0.471 e. The van der Waals surface area contributed by atoms with Gasteiger partial charge in [-0.25, -0.2) is 9.37 Å². The SMILES string of the molecule is C[C@H]1[C@H](Oc2ncc(C(F)(F)F)cc2F)CCCN1Cc1ccc(C=O)c(-n2nccn2)c1. The Bertz CT molecular complexity index is 1120. The molecule has 0 bridgehead atoms. The van der Waals surface area contributed by atoms with Gasteiger partial charge in [0, 0.05) is 24.3 Å². The number of hydrogen-bond acceptors (Lipinski definition) is 6. The standard InChI is InChI=1S/C22H21F4N5O2/c1-14-20(33-21-18(23)10-17(11-27-21)22(24,25)26)3-2-8-30(14)12-15-4-5-16(13-32)19(9-15)31-28-6-7-29-31/h4-7,9-11,13-14,20H,2-3,8,12H2,1H3/t14-,20+/m0/s1. The number of halogens is 4. The molecule has 7 nitrogen and oxygen atoms in total. The maximum atomic E-state index is 14.2. The minimum Gasteiger partial charge on any atom is -0.471 e. The summed E-state index contributed by atoms with van der Waals surface area (Å²) in [7, 11) is 0. The molecule has 0 spiro atoms. The van der Waals surface area contributed by atoms with Crippen LogP contribution in [0.5, 0.6) is 5.88 Å². The number of likely N-dealkylation sites (tertiary alicyclic amines) is 1. The summed E-state index contributed by atoms with van der Waals surface area (Å²) >= 11 is 0. The maximum absolute atomic E-state index is 14.2. The van der Waals surface area contributed by atoms with E-state index in [1.165, 1.54) is 17.2 Å². The molecular formula is C22H21F4N5O2. The Labute approximate surface area is 187 Å². The highest BCUT2D eigenvalue weighted by Crippen LogP contribution is 2.32. The summed E-state index contributed by atoms with van der Waals surface area (Å²) in [4.78, 5) is 18.5. The van der Waals surface area contributed by atoms with Crippen LogP contribution in [0.15, 0.2) is 42.9 Å². The molecule has 0 unspecified atom stereocenters. The predicted octanol–water partition coefficient (Wildman–Crippen LogP) is 4.06. The van der Waals surface area contributed by atoms with Gasteiger partial charge in [0.05, 0.1) is 23.6 Å². The van der Waals surface area contributed by atoms with Gasteiger partial charge in [0.2, 0.25) is 0 Å². The Morgan fingerprint density at radius 2 is 1.97 bits per heavy atom. The normalized spacial score (nSPS) is 19.4. The molecule has 3 aromatic rings. The van der Waals surface area contributed by atoms with Gasteiger partial charge in [-0.1, -0.05) is 6.07 Å². The number of nitrogens with zero attached hydrogens (tertiary/aromatic N) is 5. The van der Waals surface area contributed by atoms with Gasteiger partial charge in [0.1, 0.15) is 6.10 Å². The Kier molecular flexibility index (Phi) is 6.41. The molecule has 0 amide bonds. The van der Waals surface area contributed by atoms with E-state index in [0.717, 1.165) is 24.8 Å². The molecular weight excluding hydrogens is 442 g/mol. The fourth-order valence-corrected chi connectivity index (χ4v) is 3.90. The average Bonchev–Trinajstić information content (AvgIpc) is 3.32. The van der Waals surface area contributed by atoms with E-state index in [-0.39, 0.29) is 6.04 Å². The van der Waals surface area contributed by atoms with Crippen molar-refractivity contribution in [3.05, 3.63) is 65.4 Å². The zero-order chi connectivity index (χ0) is 23.6. The third-order valence-electron chi connectivity index (χ3n) is 5.69. The summed E-state index contributed by atoms with van der Waals surface area (Å²) in [5, 5.41) is 8.17. The van der Waals surface area contributed by atoms with Crippen molar-refractivity contribution < 1.29 is 27.1 Å². The Morgan fingerprint density at radius 1 is 1.21 bits per heavy atom. The van der Waals surface area contributed by atoms with Gasteiger partial charge in [-0.15, -0.1) is 0 Å². The highest BCUT2D eigenvalue weighted by molar-refractivity contribution is 5.80. The molecule has 33 heavy (non-hydrogen) atoms. The second-order valence-electron chi connectivity index (χ2n) is 7.85. The van der Waals surface area contributed by atoms with Crippen molar-refractivity contribution in [3.8, 4) is 11.6 Å². The lowest BCUT2D eigenvalue weighted by atomic mass is 9.98. The lowest BCUT2D eigenvalue weighted by Crippen LogP contribution is -2.48. The Balaban J connectivity index is 1.49. The van der Waals surface area contributed by atoms with E-state index in [0.29, 0.717) is 36.5 Å². The van der Waals surface area contributed by atoms with Crippen LogP contribution < -0.4 is 4.74 Å². The highest BCUT2D eigenvalue weighted by atomic mass is 19.4. The molecule has 1 aromatic carbocycles. The molecule has 1 saturated heterocycles. The van der Waals surface area contributed by atoms with Crippen LogP contribution in [0, 0.1) is 5.82 Å². The number of alkyl halides is 3. The second-order valence-corrected chi connectivity index (χ2v) is 7.85. The van der Waals surface area contributed by atoms with Crippen LogP contribution in [0.2, 0.25) is 0 Å². The molecule has 1 aliphatic heterocycles. The number of pyridine rings is 1. The maximum Gasteiger partial charge on any atom is 0.417 e. The fraction of sp³-hybridized carbons (Fsp3) is 0.364. The molecule has 11 heteroatoms. The van der Waals surface area contributed by atoms with Gasteiger partial charge in [0.15, 0.2) is 12.1 Å². The molecule has 1 aliphatic rings. The molecule has 2 aromatic heterocycles. The third kappa shape index (κ3) is 5.03. The number of ether oxygens (including phenoxy) is 1. The number of benzene rings is 1. The van der Waals surface area contributed by atoms with Crippen LogP contribution >= 0.6 is 0 Å². The molecule has 0 aliphatic carbocycles. The Hall–Kier alpha value is -3.34. The van der Waals surface area contributed by atoms with Crippen molar-refractivity contribution in [1.29, 1.82) is 0 Å². The van der Waals surface area contributed by atoms with Crippen LogP contribution in [0.3, 0.4) is 0 Å². The number of rotatable bonds is 6. The van der Waals surface area contributed by atoms with Crippen molar-refractivity contribution in [3.63, 3.8) is 0 Å². The van der Waals surface area contributed by atoms with Gasteiger partial charge in [0.25, 0.3) is 5.88 Å². The van der Waals surface area contributed by atoms with Crippen LogP contribution in [0.4, 0.5) is 17.6 Å². The summed E-state index contributed by atoms with van der Waals surface area (Å²) in [5.74, 6) is -1.58. The Morgan fingerprint density at radius 3 is 2.64 bits per heavy atom. The third-order valence-corrected chi connectivity index (χ3v) is 5.69. The molecule has 2 atom stereocenters. The van der Waals surface area contributed by atoms with Gasteiger partial charge in [-0.2, -0.15) is 28.2 Å². The number of hydrogen-bond donors (Lipinski definition) is 0. The molecule has 4 rings (SSSR count). The van der Waals surface area contributed by atoms with E-state index in [9.17, 15) is 22.4 Å². The quantitative estimate of drug-likeness (QED) is 0.406. The zero-order valence-corrected chi connectivity index (χ0v) is 17.7. The smallest absolute Gasteiger partial charge is 0.417 e. The number of aromatic nitrogens is 4. The molecule has 0 N–H and O–H groups in total. The zero-order valence-electron chi connectivity index (χ0n) is 17.7. The van der Waals surface area contributed by atoms with Gasteiger partial charge in [-0.3, -0.25) is 9.69 Å². The minimum atomic E-state index is -4.68. The fourth-order valence-electron chi connectivity index (χ4n) is 3.90. The van der Waals surface area contributed by atoms with E-state index >= 15 is 0 Å². The summed E-state index contributed by atoms with van der Waals surface area (Å²) in [6.07, 6.45) is 0.604.